The molecule has 36 heavy (non-hydrogen) atoms. The van der Waals surface area contributed by atoms with Crippen LogP contribution in [0.2, 0.25) is 0 Å². The van der Waals surface area contributed by atoms with Gasteiger partial charge in [0.2, 0.25) is 0 Å². The van der Waals surface area contributed by atoms with Gasteiger partial charge in [0.05, 0.1) is 11.3 Å². The number of carbonyl (C=O) groups is 2. The third-order valence-corrected chi connectivity index (χ3v) is 5.07. The summed E-state index contributed by atoms with van der Waals surface area (Å²) >= 11 is 0. The van der Waals surface area contributed by atoms with Crippen LogP contribution in [0.5, 0.6) is 11.5 Å². The van der Waals surface area contributed by atoms with Crippen LogP contribution in [0.1, 0.15) is 24.2 Å². The summed E-state index contributed by atoms with van der Waals surface area (Å²) in [6.45, 7) is 3.28. The molecule has 0 saturated carbocycles. The van der Waals surface area contributed by atoms with Gasteiger partial charge in [-0.15, -0.1) is 4.68 Å². The second-order valence-electron chi connectivity index (χ2n) is 7.80. The molecule has 12 heteroatoms. The zero-order valence-electron chi connectivity index (χ0n) is 19.0. The van der Waals surface area contributed by atoms with Gasteiger partial charge in [0, 0.05) is 6.04 Å². The quantitative estimate of drug-likeness (QED) is 0.400. The van der Waals surface area contributed by atoms with Gasteiger partial charge in [-0.1, -0.05) is 24.3 Å². The number of amides is 1. The Balaban J connectivity index is 1.81. The van der Waals surface area contributed by atoms with Crippen molar-refractivity contribution in [3.05, 3.63) is 94.4 Å². The van der Waals surface area contributed by atoms with Crippen LogP contribution in [-0.4, -0.2) is 42.9 Å². The number of rotatable bonds is 6. The van der Waals surface area contributed by atoms with Gasteiger partial charge in [-0.3, -0.25) is 4.90 Å². The summed E-state index contributed by atoms with van der Waals surface area (Å²) in [4.78, 5) is 39.0. The molecular weight excluding hydrogens is 476 g/mol. The largest absolute Gasteiger partial charge is 0.478 e. The fourth-order valence-corrected chi connectivity index (χ4v) is 3.45. The SMILES string of the molecule is CC(C)N(C(=O)n1nnn(-c2c(F)cccc2F)c1=O)c1ccc(C(=O)O)cc1Oc1ccccc1. The van der Waals surface area contributed by atoms with E-state index in [-0.39, 0.29) is 17.0 Å². The number of halogens is 2. The van der Waals surface area contributed by atoms with Crippen LogP contribution < -0.4 is 15.3 Å². The van der Waals surface area contributed by atoms with Crippen molar-refractivity contribution in [2.75, 3.05) is 4.90 Å². The van der Waals surface area contributed by atoms with E-state index in [0.29, 0.717) is 15.1 Å². The number of carbonyl (C=O) groups excluding carboxylic acids is 1. The van der Waals surface area contributed by atoms with E-state index >= 15 is 0 Å². The van der Waals surface area contributed by atoms with E-state index < -0.39 is 41.1 Å². The minimum absolute atomic E-state index is 0.0174. The van der Waals surface area contributed by atoms with Crippen LogP contribution in [0, 0.1) is 11.6 Å². The van der Waals surface area contributed by atoms with E-state index in [1.807, 2.05) is 0 Å². The number of ether oxygens (including phenoxy) is 1. The Morgan fingerprint density at radius 3 is 2.25 bits per heavy atom. The summed E-state index contributed by atoms with van der Waals surface area (Å²) in [6, 6.07) is 13.7. The predicted octanol–water partition coefficient (Wildman–Crippen LogP) is 4.08. The van der Waals surface area contributed by atoms with Crippen molar-refractivity contribution in [3.8, 4) is 17.2 Å². The lowest BCUT2D eigenvalue weighted by atomic mass is 10.1. The van der Waals surface area contributed by atoms with Gasteiger partial charge in [-0.05, 0) is 66.7 Å². The first-order chi connectivity index (χ1) is 17.2. The first-order valence-electron chi connectivity index (χ1n) is 10.6. The summed E-state index contributed by atoms with van der Waals surface area (Å²) in [5.74, 6) is -2.97. The minimum Gasteiger partial charge on any atom is -0.478 e. The lowest BCUT2D eigenvalue weighted by Crippen LogP contribution is -2.45. The van der Waals surface area contributed by atoms with Crippen molar-refractivity contribution in [3.63, 3.8) is 0 Å². The second kappa shape index (κ2) is 9.78. The van der Waals surface area contributed by atoms with Crippen molar-refractivity contribution >= 4 is 17.7 Å². The summed E-state index contributed by atoms with van der Waals surface area (Å²) < 4.78 is 35.0. The second-order valence-corrected chi connectivity index (χ2v) is 7.80. The van der Waals surface area contributed by atoms with Crippen molar-refractivity contribution < 1.29 is 28.2 Å². The molecule has 0 aliphatic rings. The Morgan fingerprint density at radius 1 is 0.972 bits per heavy atom. The predicted molar refractivity (Wildman–Crippen MR) is 124 cm³/mol. The van der Waals surface area contributed by atoms with Crippen LogP contribution in [-0.2, 0) is 0 Å². The number of nitrogens with zero attached hydrogens (tertiary/aromatic N) is 5. The number of carboxylic acid groups (broad SMARTS) is 1. The van der Waals surface area contributed by atoms with Gasteiger partial charge >= 0.3 is 17.7 Å². The number of benzene rings is 3. The molecule has 1 heterocycles. The molecule has 4 rings (SSSR count). The number of carboxylic acids is 1. The summed E-state index contributed by atoms with van der Waals surface area (Å²) in [6.07, 6.45) is 0. The number of hydrogen-bond donors (Lipinski definition) is 1. The first-order valence-corrected chi connectivity index (χ1v) is 10.6. The average Bonchev–Trinajstić information content (AvgIpc) is 3.21. The Morgan fingerprint density at radius 2 is 1.64 bits per heavy atom. The van der Waals surface area contributed by atoms with E-state index in [9.17, 15) is 28.3 Å². The lowest BCUT2D eigenvalue weighted by molar-refractivity contribution is 0.0696. The molecule has 0 aliphatic heterocycles. The molecular formula is C24H19F2N5O5. The normalized spacial score (nSPS) is 10.9. The molecule has 1 amide bonds. The Hall–Kier alpha value is -4.87. The Bertz CT molecular complexity index is 1480. The molecule has 0 radical (unpaired) electrons. The van der Waals surface area contributed by atoms with Crippen molar-refractivity contribution in [1.82, 2.24) is 19.8 Å². The van der Waals surface area contributed by atoms with Crippen LogP contribution in [0.25, 0.3) is 5.69 Å². The third-order valence-electron chi connectivity index (χ3n) is 5.07. The van der Waals surface area contributed by atoms with Crippen LogP contribution in [0.4, 0.5) is 19.3 Å². The molecule has 10 nitrogen and oxygen atoms in total. The molecule has 1 N–H and O–H groups in total. The van der Waals surface area contributed by atoms with E-state index in [4.69, 9.17) is 4.74 Å². The summed E-state index contributed by atoms with van der Waals surface area (Å²) in [5.41, 5.74) is -1.96. The van der Waals surface area contributed by atoms with Gasteiger partial charge in [0.15, 0.2) is 17.4 Å². The smallest absolute Gasteiger partial charge is 0.377 e. The summed E-state index contributed by atoms with van der Waals surface area (Å²) in [5, 5.41) is 16.4. The Kier molecular flexibility index (Phi) is 6.59. The number of anilines is 1. The van der Waals surface area contributed by atoms with Crippen LogP contribution in [0.3, 0.4) is 0 Å². The maximum Gasteiger partial charge on any atom is 0.377 e. The minimum atomic E-state index is -1.21. The van der Waals surface area contributed by atoms with Crippen LogP contribution >= 0.6 is 0 Å². The number of aromatic carboxylic acids is 1. The zero-order valence-corrected chi connectivity index (χ0v) is 19.0. The van der Waals surface area contributed by atoms with E-state index in [2.05, 4.69) is 10.4 Å². The highest BCUT2D eigenvalue weighted by Gasteiger charge is 2.29. The van der Waals surface area contributed by atoms with Gasteiger partial charge in [-0.25, -0.2) is 23.2 Å². The van der Waals surface area contributed by atoms with Crippen molar-refractivity contribution in [2.24, 2.45) is 0 Å². The number of para-hydroxylation sites is 2. The lowest BCUT2D eigenvalue weighted by Gasteiger charge is -2.27. The van der Waals surface area contributed by atoms with Gasteiger partial charge in [-0.2, -0.15) is 4.68 Å². The zero-order chi connectivity index (χ0) is 26.0. The molecule has 0 aliphatic carbocycles. The maximum absolute atomic E-state index is 14.2. The maximum atomic E-state index is 14.2. The average molecular weight is 495 g/mol. The Labute approximate surface area is 202 Å². The molecule has 0 atom stereocenters. The molecule has 3 aromatic carbocycles. The van der Waals surface area contributed by atoms with Crippen molar-refractivity contribution in [1.29, 1.82) is 0 Å². The molecule has 0 fully saturated rings. The van der Waals surface area contributed by atoms with Crippen LogP contribution in [0.15, 0.2) is 71.5 Å². The molecule has 0 spiro atoms. The number of aromatic nitrogens is 4. The third kappa shape index (κ3) is 4.56. The molecule has 0 unspecified atom stereocenters. The highest BCUT2D eigenvalue weighted by molar-refractivity contribution is 5.96. The fourth-order valence-electron chi connectivity index (χ4n) is 3.45. The first kappa shape index (κ1) is 24.3. The highest BCUT2D eigenvalue weighted by atomic mass is 19.1. The molecule has 184 valence electrons. The van der Waals surface area contributed by atoms with E-state index in [0.717, 1.165) is 23.1 Å². The molecule has 4 aromatic rings. The molecule has 1 aromatic heterocycles. The van der Waals surface area contributed by atoms with Crippen molar-refractivity contribution in [2.45, 2.75) is 19.9 Å². The summed E-state index contributed by atoms with van der Waals surface area (Å²) in [7, 11) is 0. The van der Waals surface area contributed by atoms with Gasteiger partial charge in [0.25, 0.3) is 0 Å². The number of tetrazole rings is 1. The standard InChI is InChI=1S/C24H19F2N5O5/c1-14(2)29(19-12-11-15(22(32)33)13-20(19)36-16-7-4-3-5-8-16)23(34)31-24(35)30(27-28-31)21-17(25)9-6-10-18(21)26/h3-14H,1-2H3,(H,32,33). The number of hydrogen-bond acceptors (Lipinski definition) is 6. The van der Waals surface area contributed by atoms with Gasteiger partial charge < -0.3 is 9.84 Å². The fraction of sp³-hybridized carbons (Fsp3) is 0.125. The highest BCUT2D eigenvalue weighted by Crippen LogP contribution is 2.35. The molecule has 0 saturated heterocycles. The molecule has 0 bridgehead atoms. The van der Waals surface area contributed by atoms with E-state index in [1.54, 1.807) is 44.2 Å². The van der Waals surface area contributed by atoms with E-state index in [1.165, 1.54) is 18.2 Å². The topological polar surface area (TPSA) is 120 Å². The van der Waals surface area contributed by atoms with Gasteiger partial charge in [0.1, 0.15) is 11.4 Å². The monoisotopic (exact) mass is 495 g/mol.